The van der Waals surface area contributed by atoms with Crippen LogP contribution in [-0.2, 0) is 9.59 Å². The molecule has 0 aliphatic carbocycles. The molecule has 4 rings (SSSR count). The topological polar surface area (TPSA) is 76.1 Å². The molecule has 0 spiro atoms. The molecule has 1 unspecified atom stereocenters. The maximum Gasteiger partial charge on any atom is 0.300 e. The lowest BCUT2D eigenvalue weighted by atomic mass is 9.95. The third-order valence-corrected chi connectivity index (χ3v) is 5.75. The Morgan fingerprint density at radius 2 is 1.71 bits per heavy atom. The van der Waals surface area contributed by atoms with Crippen LogP contribution in [0.1, 0.15) is 37.9 Å². The van der Waals surface area contributed by atoms with Gasteiger partial charge in [0, 0.05) is 16.3 Å². The minimum absolute atomic E-state index is 0.0205. The molecule has 1 N–H and O–H groups in total. The van der Waals surface area contributed by atoms with E-state index in [9.17, 15) is 14.7 Å². The molecule has 6 nitrogen and oxygen atoms in total. The number of amides is 1. The minimum atomic E-state index is -0.873. The summed E-state index contributed by atoms with van der Waals surface area (Å²) in [6.45, 7) is 6.22. The molecule has 35 heavy (non-hydrogen) atoms. The summed E-state index contributed by atoms with van der Waals surface area (Å²) in [4.78, 5) is 28.0. The van der Waals surface area contributed by atoms with Crippen LogP contribution in [-0.4, -0.2) is 29.5 Å². The van der Waals surface area contributed by atoms with Crippen molar-refractivity contribution >= 4 is 34.7 Å². The Kier molecular flexibility index (Phi) is 7.12. The van der Waals surface area contributed by atoms with Gasteiger partial charge >= 0.3 is 0 Å². The Balaban J connectivity index is 1.90. The van der Waals surface area contributed by atoms with Gasteiger partial charge in [-0.15, -0.1) is 0 Å². The van der Waals surface area contributed by atoms with Crippen molar-refractivity contribution in [3.8, 4) is 11.5 Å². The van der Waals surface area contributed by atoms with Crippen LogP contribution in [0.4, 0.5) is 5.69 Å². The lowest BCUT2D eigenvalue weighted by Gasteiger charge is -2.26. The second-order valence-electron chi connectivity index (χ2n) is 8.35. The summed E-state index contributed by atoms with van der Waals surface area (Å²) in [5.74, 6) is -0.567. The zero-order chi connectivity index (χ0) is 25.1. The van der Waals surface area contributed by atoms with Crippen LogP contribution >= 0.6 is 11.6 Å². The number of ketones is 1. The summed E-state index contributed by atoms with van der Waals surface area (Å²) in [5, 5.41) is 11.6. The fourth-order valence-corrected chi connectivity index (χ4v) is 4.30. The number of aliphatic hydroxyl groups excluding tert-OH is 1. The monoisotopic (exact) mass is 491 g/mol. The van der Waals surface area contributed by atoms with E-state index >= 15 is 0 Å². The molecule has 3 aromatic rings. The third-order valence-electron chi connectivity index (χ3n) is 5.51. The number of anilines is 1. The van der Waals surface area contributed by atoms with Gasteiger partial charge in [0.05, 0.1) is 24.3 Å². The molecule has 1 fully saturated rings. The van der Waals surface area contributed by atoms with E-state index in [1.807, 2.05) is 26.8 Å². The third kappa shape index (κ3) is 5.03. The van der Waals surface area contributed by atoms with Gasteiger partial charge in [-0.2, -0.15) is 0 Å². The maximum absolute atomic E-state index is 13.3. The molecule has 1 saturated heterocycles. The van der Waals surface area contributed by atoms with Crippen molar-refractivity contribution in [1.82, 2.24) is 0 Å². The first-order valence-corrected chi connectivity index (χ1v) is 11.7. The van der Waals surface area contributed by atoms with Crippen molar-refractivity contribution in [1.29, 1.82) is 0 Å². The molecule has 3 aromatic carbocycles. The Morgan fingerprint density at radius 1 is 1.00 bits per heavy atom. The Labute approximate surface area is 209 Å². The van der Waals surface area contributed by atoms with Gasteiger partial charge in [0.25, 0.3) is 11.7 Å². The van der Waals surface area contributed by atoms with Crippen LogP contribution in [0.15, 0.2) is 78.4 Å². The van der Waals surface area contributed by atoms with E-state index in [0.717, 1.165) is 0 Å². The van der Waals surface area contributed by atoms with Crippen molar-refractivity contribution < 1.29 is 24.2 Å². The van der Waals surface area contributed by atoms with Gasteiger partial charge in [0.2, 0.25) is 0 Å². The highest BCUT2D eigenvalue weighted by Gasteiger charge is 2.47. The number of rotatable bonds is 7. The zero-order valence-corrected chi connectivity index (χ0v) is 20.5. The Morgan fingerprint density at radius 3 is 2.37 bits per heavy atom. The highest BCUT2D eigenvalue weighted by Crippen LogP contribution is 2.43. The van der Waals surface area contributed by atoms with Gasteiger partial charge in [0.15, 0.2) is 0 Å². The summed E-state index contributed by atoms with van der Waals surface area (Å²) in [6, 6.07) is 19.8. The van der Waals surface area contributed by atoms with E-state index in [2.05, 4.69) is 0 Å². The summed E-state index contributed by atoms with van der Waals surface area (Å²) in [6.07, 6.45) is -0.0609. The summed E-state index contributed by atoms with van der Waals surface area (Å²) in [7, 11) is 0. The number of Topliss-reactive ketones (excluding diaryl/α,β-unsaturated/α-hetero) is 1. The average Bonchev–Trinajstić information content (AvgIpc) is 3.09. The molecular formula is C28H26ClNO5. The van der Waals surface area contributed by atoms with Gasteiger partial charge in [-0.25, -0.2) is 0 Å². The van der Waals surface area contributed by atoms with Gasteiger partial charge in [0.1, 0.15) is 17.3 Å². The number of benzene rings is 3. The van der Waals surface area contributed by atoms with Crippen molar-refractivity contribution in [3.05, 3.63) is 94.5 Å². The van der Waals surface area contributed by atoms with Crippen LogP contribution in [0.3, 0.4) is 0 Å². The van der Waals surface area contributed by atoms with E-state index in [-0.39, 0.29) is 17.4 Å². The summed E-state index contributed by atoms with van der Waals surface area (Å²) >= 11 is 6.12. The van der Waals surface area contributed by atoms with E-state index in [4.69, 9.17) is 21.1 Å². The van der Waals surface area contributed by atoms with Gasteiger partial charge < -0.3 is 14.6 Å². The largest absolute Gasteiger partial charge is 0.507 e. The standard InChI is InChI=1S/C28H26ClNO5/c1-4-34-22-13-11-21(12-14-22)30-25(18-7-6-10-23(16-18)35-17(2)3)24(27(32)28(30)33)26(31)19-8-5-9-20(29)15-19/h5-17,25,31H,4H2,1-3H3/b26-24-. The smallest absolute Gasteiger partial charge is 0.300 e. The first kappa shape index (κ1) is 24.4. The SMILES string of the molecule is CCOc1ccc(N2C(=O)C(=O)/C(=C(\O)c3cccc(Cl)c3)C2c2cccc(OC(C)C)c2)cc1. The lowest BCUT2D eigenvalue weighted by Crippen LogP contribution is -2.29. The van der Waals surface area contributed by atoms with E-state index < -0.39 is 17.7 Å². The van der Waals surface area contributed by atoms with Crippen molar-refractivity contribution in [2.75, 3.05) is 11.5 Å². The number of nitrogens with zero attached hydrogens (tertiary/aromatic N) is 1. The van der Waals surface area contributed by atoms with Crippen LogP contribution in [0.5, 0.6) is 11.5 Å². The number of halogens is 1. The highest BCUT2D eigenvalue weighted by molar-refractivity contribution is 6.51. The fraction of sp³-hybridized carbons (Fsp3) is 0.214. The van der Waals surface area contributed by atoms with Gasteiger partial charge in [-0.05, 0) is 74.9 Å². The normalized spacial score (nSPS) is 17.2. The molecular weight excluding hydrogens is 466 g/mol. The molecule has 0 aromatic heterocycles. The highest BCUT2D eigenvalue weighted by atomic mass is 35.5. The first-order chi connectivity index (χ1) is 16.8. The molecule has 1 amide bonds. The minimum Gasteiger partial charge on any atom is -0.507 e. The van der Waals surface area contributed by atoms with Crippen LogP contribution < -0.4 is 14.4 Å². The Bertz CT molecular complexity index is 1280. The van der Waals surface area contributed by atoms with Crippen LogP contribution in [0.2, 0.25) is 5.02 Å². The molecule has 1 aliphatic heterocycles. The average molecular weight is 492 g/mol. The predicted octanol–water partition coefficient (Wildman–Crippen LogP) is 6.15. The fourth-order valence-electron chi connectivity index (χ4n) is 4.11. The van der Waals surface area contributed by atoms with E-state index in [1.54, 1.807) is 66.7 Å². The van der Waals surface area contributed by atoms with Crippen molar-refractivity contribution in [2.24, 2.45) is 0 Å². The Hall–Kier alpha value is -3.77. The van der Waals surface area contributed by atoms with Crippen LogP contribution in [0.25, 0.3) is 5.76 Å². The maximum atomic E-state index is 13.3. The van der Waals surface area contributed by atoms with E-state index in [1.165, 1.54) is 4.90 Å². The number of hydrogen-bond acceptors (Lipinski definition) is 5. The molecule has 7 heteroatoms. The number of carbonyl (C=O) groups excluding carboxylic acids is 2. The van der Waals surface area contributed by atoms with Gasteiger partial charge in [-0.1, -0.05) is 35.9 Å². The number of hydrogen-bond donors (Lipinski definition) is 1. The summed E-state index contributed by atoms with van der Waals surface area (Å²) in [5.41, 5.74) is 1.45. The second kappa shape index (κ2) is 10.2. The van der Waals surface area contributed by atoms with Crippen molar-refractivity contribution in [2.45, 2.75) is 32.9 Å². The predicted molar refractivity (Wildman–Crippen MR) is 136 cm³/mol. The van der Waals surface area contributed by atoms with Crippen LogP contribution in [0, 0.1) is 0 Å². The van der Waals surface area contributed by atoms with Crippen molar-refractivity contribution in [3.63, 3.8) is 0 Å². The molecule has 0 bridgehead atoms. The molecule has 1 atom stereocenters. The lowest BCUT2D eigenvalue weighted by molar-refractivity contribution is -0.132. The molecule has 0 radical (unpaired) electrons. The molecule has 1 heterocycles. The summed E-state index contributed by atoms with van der Waals surface area (Å²) < 4.78 is 11.4. The second-order valence-corrected chi connectivity index (χ2v) is 8.78. The molecule has 1 aliphatic rings. The van der Waals surface area contributed by atoms with E-state index in [0.29, 0.717) is 39.9 Å². The molecule has 0 saturated carbocycles. The zero-order valence-electron chi connectivity index (χ0n) is 19.7. The quantitative estimate of drug-likeness (QED) is 0.243. The first-order valence-electron chi connectivity index (χ1n) is 11.4. The number of carbonyl (C=O) groups is 2. The number of ether oxygens (including phenoxy) is 2. The van der Waals surface area contributed by atoms with Gasteiger partial charge in [-0.3, -0.25) is 14.5 Å². The number of aliphatic hydroxyl groups is 1. The molecule has 180 valence electrons.